The number of hydrogen-bond acceptors (Lipinski definition) is 5. The second-order valence-corrected chi connectivity index (χ2v) is 6.15. The fraction of sp³-hybridized carbons (Fsp3) is 0.462. The normalized spacial score (nSPS) is 12.3. The van der Waals surface area contributed by atoms with Gasteiger partial charge in [-0.25, -0.2) is 9.59 Å². The minimum absolute atomic E-state index is 0.112. The van der Waals surface area contributed by atoms with Gasteiger partial charge in [-0.2, -0.15) is 5.26 Å². The average molecular weight is 296 g/mol. The fourth-order valence-electron chi connectivity index (χ4n) is 1.40. The first-order valence-electron chi connectivity index (χ1n) is 5.91. The second-order valence-electron chi connectivity index (χ2n) is 5.15. The molecule has 6 nitrogen and oxygen atoms in total. The third-order valence-electron chi connectivity index (χ3n) is 2.18. The van der Waals surface area contributed by atoms with Crippen molar-refractivity contribution in [3.63, 3.8) is 0 Å². The van der Waals surface area contributed by atoms with Crippen LogP contribution in [0, 0.1) is 11.3 Å². The molecule has 0 fully saturated rings. The van der Waals surface area contributed by atoms with Crippen molar-refractivity contribution in [2.45, 2.75) is 38.8 Å². The van der Waals surface area contributed by atoms with Crippen LogP contribution in [-0.2, 0) is 16.0 Å². The molecule has 20 heavy (non-hydrogen) atoms. The molecule has 1 aromatic heterocycles. The third kappa shape index (κ3) is 5.28. The number of rotatable bonds is 4. The fourth-order valence-corrected chi connectivity index (χ4v) is 2.25. The van der Waals surface area contributed by atoms with Crippen molar-refractivity contribution in [3.8, 4) is 6.07 Å². The maximum atomic E-state index is 11.6. The van der Waals surface area contributed by atoms with Gasteiger partial charge in [-0.05, 0) is 26.8 Å². The van der Waals surface area contributed by atoms with Crippen LogP contribution in [-0.4, -0.2) is 28.8 Å². The quantitative estimate of drug-likeness (QED) is 0.886. The molecule has 1 heterocycles. The van der Waals surface area contributed by atoms with E-state index in [4.69, 9.17) is 15.1 Å². The largest absolute Gasteiger partial charge is 0.480 e. The van der Waals surface area contributed by atoms with E-state index in [2.05, 4.69) is 5.32 Å². The molecule has 1 aromatic rings. The molecule has 0 aliphatic heterocycles. The van der Waals surface area contributed by atoms with Crippen LogP contribution in [0.15, 0.2) is 11.4 Å². The molecule has 0 spiro atoms. The second kappa shape index (κ2) is 6.39. The van der Waals surface area contributed by atoms with E-state index in [1.165, 1.54) is 11.3 Å². The van der Waals surface area contributed by atoms with E-state index in [1.807, 2.05) is 6.07 Å². The van der Waals surface area contributed by atoms with Crippen molar-refractivity contribution in [1.82, 2.24) is 5.32 Å². The van der Waals surface area contributed by atoms with E-state index >= 15 is 0 Å². The van der Waals surface area contributed by atoms with Gasteiger partial charge in [0, 0.05) is 16.7 Å². The van der Waals surface area contributed by atoms with Crippen LogP contribution in [0.2, 0.25) is 0 Å². The van der Waals surface area contributed by atoms with Crippen molar-refractivity contribution in [1.29, 1.82) is 5.26 Å². The number of carboxylic acid groups (broad SMARTS) is 1. The molecule has 7 heteroatoms. The van der Waals surface area contributed by atoms with Crippen LogP contribution in [0.5, 0.6) is 0 Å². The molecule has 0 aliphatic carbocycles. The van der Waals surface area contributed by atoms with E-state index in [1.54, 1.807) is 32.2 Å². The summed E-state index contributed by atoms with van der Waals surface area (Å²) in [7, 11) is 0. The standard InChI is InChI=1S/C13H16N2O4S/c1-13(2,3)19-12(18)15-10(11(16)17)5-9-4-8(6-14)7-20-9/h4,7,10H,5H2,1-3H3,(H,15,18)(H,16,17)/t10-/m0/s1. The Morgan fingerprint density at radius 3 is 2.65 bits per heavy atom. The lowest BCUT2D eigenvalue weighted by molar-refractivity contribution is -0.139. The maximum absolute atomic E-state index is 11.6. The zero-order valence-electron chi connectivity index (χ0n) is 11.5. The highest BCUT2D eigenvalue weighted by atomic mass is 32.1. The van der Waals surface area contributed by atoms with E-state index < -0.39 is 23.7 Å². The minimum atomic E-state index is -1.15. The molecule has 1 amide bonds. The van der Waals surface area contributed by atoms with Crippen molar-refractivity contribution in [2.24, 2.45) is 0 Å². The van der Waals surface area contributed by atoms with E-state index in [-0.39, 0.29) is 6.42 Å². The topological polar surface area (TPSA) is 99.4 Å². The Hall–Kier alpha value is -2.07. The lowest BCUT2D eigenvalue weighted by atomic mass is 10.1. The Morgan fingerprint density at radius 2 is 2.20 bits per heavy atom. The molecule has 0 saturated heterocycles. The minimum Gasteiger partial charge on any atom is -0.480 e. The highest BCUT2D eigenvalue weighted by molar-refractivity contribution is 7.10. The number of nitriles is 1. The number of alkyl carbamates (subject to hydrolysis) is 1. The van der Waals surface area contributed by atoms with Crippen molar-refractivity contribution in [2.75, 3.05) is 0 Å². The van der Waals surface area contributed by atoms with Gasteiger partial charge in [-0.15, -0.1) is 11.3 Å². The summed E-state index contributed by atoms with van der Waals surface area (Å²) in [6.07, 6.45) is -0.664. The lowest BCUT2D eigenvalue weighted by Gasteiger charge is -2.21. The Kier molecular flexibility index (Phi) is 5.11. The predicted molar refractivity (Wildman–Crippen MR) is 73.5 cm³/mol. The van der Waals surface area contributed by atoms with Crippen molar-refractivity contribution < 1.29 is 19.4 Å². The average Bonchev–Trinajstić information content (AvgIpc) is 2.73. The maximum Gasteiger partial charge on any atom is 0.408 e. The summed E-state index contributed by atoms with van der Waals surface area (Å²) in [6.45, 7) is 5.09. The Labute approximate surface area is 121 Å². The Morgan fingerprint density at radius 1 is 1.55 bits per heavy atom. The van der Waals surface area contributed by atoms with Crippen LogP contribution in [0.3, 0.4) is 0 Å². The molecule has 0 aromatic carbocycles. The number of nitrogens with one attached hydrogen (secondary N) is 1. The zero-order chi connectivity index (χ0) is 15.3. The number of aliphatic carboxylic acids is 1. The van der Waals surface area contributed by atoms with Gasteiger partial charge in [-0.1, -0.05) is 0 Å². The van der Waals surface area contributed by atoms with Gasteiger partial charge in [0.05, 0.1) is 5.56 Å². The van der Waals surface area contributed by atoms with Gasteiger partial charge in [0.1, 0.15) is 17.7 Å². The summed E-state index contributed by atoms with van der Waals surface area (Å²) in [5, 5.41) is 21.8. The Balaban J connectivity index is 2.68. The number of carboxylic acids is 1. The monoisotopic (exact) mass is 296 g/mol. The SMILES string of the molecule is CC(C)(C)OC(=O)N[C@@H](Cc1cc(C#N)cs1)C(=O)O. The zero-order valence-corrected chi connectivity index (χ0v) is 12.3. The first-order chi connectivity index (χ1) is 9.21. The number of amides is 1. The van der Waals surface area contributed by atoms with Gasteiger partial charge in [0.2, 0.25) is 0 Å². The summed E-state index contributed by atoms with van der Waals surface area (Å²) >= 11 is 1.28. The molecule has 108 valence electrons. The van der Waals surface area contributed by atoms with Crippen LogP contribution < -0.4 is 5.32 Å². The number of carbonyl (C=O) groups excluding carboxylic acids is 1. The molecule has 0 saturated carbocycles. The summed E-state index contributed by atoms with van der Waals surface area (Å²) in [6, 6.07) is 2.49. The molecule has 0 aliphatic rings. The van der Waals surface area contributed by atoms with Crippen LogP contribution in [0.25, 0.3) is 0 Å². The highest BCUT2D eigenvalue weighted by Gasteiger charge is 2.24. The smallest absolute Gasteiger partial charge is 0.408 e. The van der Waals surface area contributed by atoms with Gasteiger partial charge >= 0.3 is 12.1 Å². The summed E-state index contributed by atoms with van der Waals surface area (Å²) in [5.74, 6) is -1.15. The van der Waals surface area contributed by atoms with Gasteiger partial charge < -0.3 is 15.2 Å². The van der Waals surface area contributed by atoms with Crippen LogP contribution in [0.1, 0.15) is 31.2 Å². The number of thiophene rings is 1. The number of nitrogens with zero attached hydrogens (tertiary/aromatic N) is 1. The summed E-state index contributed by atoms with van der Waals surface area (Å²) in [4.78, 5) is 23.4. The van der Waals surface area contributed by atoms with Gasteiger partial charge in [0.15, 0.2) is 0 Å². The van der Waals surface area contributed by atoms with Crippen LogP contribution >= 0.6 is 11.3 Å². The van der Waals surface area contributed by atoms with E-state index in [9.17, 15) is 9.59 Å². The Bertz CT molecular complexity index is 539. The molecule has 1 rings (SSSR count). The summed E-state index contributed by atoms with van der Waals surface area (Å²) in [5.41, 5.74) is -0.212. The molecular formula is C13H16N2O4S. The van der Waals surface area contributed by atoms with Gasteiger partial charge in [0.25, 0.3) is 0 Å². The van der Waals surface area contributed by atoms with E-state index in [0.717, 1.165) is 0 Å². The molecular weight excluding hydrogens is 280 g/mol. The number of carbonyl (C=O) groups is 2. The molecule has 0 radical (unpaired) electrons. The summed E-state index contributed by atoms with van der Waals surface area (Å²) < 4.78 is 5.02. The predicted octanol–water partition coefficient (Wildman–Crippen LogP) is 2.14. The molecule has 1 atom stereocenters. The first kappa shape index (κ1) is 16.0. The number of ether oxygens (including phenoxy) is 1. The van der Waals surface area contributed by atoms with Crippen LogP contribution in [0.4, 0.5) is 4.79 Å². The lowest BCUT2D eigenvalue weighted by Crippen LogP contribution is -2.44. The highest BCUT2D eigenvalue weighted by Crippen LogP contribution is 2.16. The van der Waals surface area contributed by atoms with E-state index in [0.29, 0.717) is 10.4 Å². The molecule has 0 unspecified atom stereocenters. The molecule has 0 bridgehead atoms. The number of hydrogen-bond donors (Lipinski definition) is 2. The molecule has 2 N–H and O–H groups in total. The van der Waals surface area contributed by atoms with Crippen molar-refractivity contribution >= 4 is 23.4 Å². The third-order valence-corrected chi connectivity index (χ3v) is 3.14. The first-order valence-corrected chi connectivity index (χ1v) is 6.79. The van der Waals surface area contributed by atoms with Crippen molar-refractivity contribution in [3.05, 3.63) is 21.9 Å². The van der Waals surface area contributed by atoms with Gasteiger partial charge in [-0.3, -0.25) is 0 Å².